The molecule has 1 aromatic carbocycles. The Kier molecular flexibility index (Phi) is 5.72. The molecule has 0 aliphatic rings. The first kappa shape index (κ1) is 15.9. The summed E-state index contributed by atoms with van der Waals surface area (Å²) in [5.74, 6) is 6.47. The van der Waals surface area contributed by atoms with Gasteiger partial charge >= 0.3 is 0 Å². The quantitative estimate of drug-likeness (QED) is 0.370. The predicted molar refractivity (Wildman–Crippen MR) is 86.0 cm³/mol. The van der Waals surface area contributed by atoms with Crippen LogP contribution in [0.25, 0.3) is 0 Å². The molecule has 0 saturated heterocycles. The van der Waals surface area contributed by atoms with E-state index in [4.69, 9.17) is 5.84 Å². The molecule has 112 valence electrons. The zero-order chi connectivity index (χ0) is 15.2. The Morgan fingerprint density at radius 1 is 1.43 bits per heavy atom. The van der Waals surface area contributed by atoms with E-state index in [1.165, 1.54) is 17.1 Å². The lowest BCUT2D eigenvalue weighted by atomic mass is 10.00. The number of carbonyl (C=O) groups is 1. The largest absolute Gasteiger partial charge is 0.294 e. The summed E-state index contributed by atoms with van der Waals surface area (Å²) >= 11 is 3.12. The smallest absolute Gasteiger partial charge is 0.241 e. The Hall–Kier alpha value is -1.44. The van der Waals surface area contributed by atoms with Crippen molar-refractivity contribution in [2.45, 2.75) is 36.3 Å². The molecule has 0 radical (unpaired) electrons. The highest BCUT2D eigenvalue weighted by Crippen LogP contribution is 2.25. The number of nitrogens with zero attached hydrogens (tertiary/aromatic N) is 2. The molecule has 1 unspecified atom stereocenters. The minimum atomic E-state index is -0.244. The molecule has 1 heterocycles. The lowest BCUT2D eigenvalue weighted by molar-refractivity contribution is -0.122. The molecule has 1 atom stereocenters. The number of hydrazine groups is 1. The van der Waals surface area contributed by atoms with Gasteiger partial charge in [-0.25, -0.2) is 10.8 Å². The average molecular weight is 322 g/mol. The van der Waals surface area contributed by atoms with Gasteiger partial charge in [0.05, 0.1) is 5.92 Å². The number of aryl methyl sites for hydroxylation is 1. The second kappa shape index (κ2) is 7.53. The summed E-state index contributed by atoms with van der Waals surface area (Å²) in [5, 5.41) is 0. The van der Waals surface area contributed by atoms with Crippen molar-refractivity contribution in [3.8, 4) is 0 Å². The number of aromatic nitrogens is 2. The molecule has 2 rings (SSSR count). The van der Waals surface area contributed by atoms with Crippen molar-refractivity contribution in [1.82, 2.24) is 14.8 Å². The minimum Gasteiger partial charge on any atom is -0.294 e. The van der Waals surface area contributed by atoms with Crippen LogP contribution in [-0.4, -0.2) is 15.3 Å². The van der Waals surface area contributed by atoms with Crippen LogP contribution < -0.4 is 11.3 Å². The number of carbonyl (C=O) groups excluding carboxylic acids is 1. The number of benzene rings is 1. The van der Waals surface area contributed by atoms with Crippen LogP contribution in [-0.2, 0) is 17.0 Å². The first-order chi connectivity index (χ1) is 10.1. The van der Waals surface area contributed by atoms with E-state index in [9.17, 15) is 4.79 Å². The molecule has 0 saturated carbocycles. The number of nitrogens with one attached hydrogen (secondary N) is 1. The van der Waals surface area contributed by atoms with Gasteiger partial charge in [0.25, 0.3) is 0 Å². The van der Waals surface area contributed by atoms with Crippen LogP contribution in [0.2, 0.25) is 0 Å². The summed E-state index contributed by atoms with van der Waals surface area (Å²) in [7, 11) is 0. The number of hydrogen-bond donors (Lipinski definition) is 2. The van der Waals surface area contributed by atoms with Gasteiger partial charge < -0.3 is 0 Å². The number of rotatable bonds is 6. The molecular formula is C14H18N4OS2. The maximum absolute atomic E-state index is 11.5. The molecule has 21 heavy (non-hydrogen) atoms. The second-order valence-electron chi connectivity index (χ2n) is 4.59. The monoisotopic (exact) mass is 322 g/mol. The molecule has 0 aliphatic heterocycles. The first-order valence-corrected chi connectivity index (χ1v) is 8.44. The predicted octanol–water partition coefficient (Wildman–Crippen LogP) is 2.49. The summed E-state index contributed by atoms with van der Waals surface area (Å²) in [5.41, 5.74) is 4.32. The topological polar surface area (TPSA) is 80.9 Å². The van der Waals surface area contributed by atoms with Crippen molar-refractivity contribution in [2.24, 2.45) is 5.84 Å². The maximum Gasteiger partial charge on any atom is 0.241 e. The summed E-state index contributed by atoms with van der Waals surface area (Å²) in [6.07, 6.45) is 0.868. The lowest BCUT2D eigenvalue weighted by Crippen LogP contribution is -2.33. The number of amides is 1. The van der Waals surface area contributed by atoms with Crippen molar-refractivity contribution in [3.05, 3.63) is 41.2 Å². The Balaban J connectivity index is 1.94. The van der Waals surface area contributed by atoms with Crippen LogP contribution in [0.3, 0.4) is 0 Å². The first-order valence-electron chi connectivity index (χ1n) is 6.68. The van der Waals surface area contributed by atoms with Crippen LogP contribution >= 0.6 is 23.3 Å². The van der Waals surface area contributed by atoms with Gasteiger partial charge in [-0.15, -0.1) is 0 Å². The van der Waals surface area contributed by atoms with Crippen molar-refractivity contribution >= 4 is 29.2 Å². The van der Waals surface area contributed by atoms with Crippen molar-refractivity contribution < 1.29 is 4.79 Å². The molecule has 1 amide bonds. The zero-order valence-electron chi connectivity index (χ0n) is 12.0. The summed E-state index contributed by atoms with van der Waals surface area (Å²) in [4.78, 5) is 15.9. The molecule has 3 N–H and O–H groups in total. The highest BCUT2D eigenvalue weighted by molar-refractivity contribution is 8.00. The standard InChI is InChI=1S/C14H18N4OS2/c1-3-12-16-14(21-18-12)20-8-10-4-6-11(7-5-10)9(2)13(19)17-15/h4-7,9H,3,8,15H2,1-2H3,(H,17,19). The highest BCUT2D eigenvalue weighted by atomic mass is 32.2. The Bertz CT molecular complexity index is 597. The van der Waals surface area contributed by atoms with E-state index >= 15 is 0 Å². The van der Waals surface area contributed by atoms with Gasteiger partial charge in [-0.2, -0.15) is 4.37 Å². The van der Waals surface area contributed by atoms with Crippen LogP contribution in [0.4, 0.5) is 0 Å². The van der Waals surface area contributed by atoms with E-state index in [1.54, 1.807) is 11.8 Å². The molecular weight excluding hydrogens is 304 g/mol. The zero-order valence-corrected chi connectivity index (χ0v) is 13.6. The highest BCUT2D eigenvalue weighted by Gasteiger charge is 2.13. The maximum atomic E-state index is 11.5. The van der Waals surface area contributed by atoms with E-state index in [1.807, 2.05) is 38.1 Å². The van der Waals surface area contributed by atoms with Gasteiger partial charge in [0.15, 0.2) is 4.34 Å². The third-order valence-corrected chi connectivity index (χ3v) is 5.09. The van der Waals surface area contributed by atoms with Crippen LogP contribution in [0.15, 0.2) is 28.6 Å². The van der Waals surface area contributed by atoms with Gasteiger partial charge in [-0.05, 0) is 29.6 Å². The number of nitrogens with two attached hydrogens (primary N) is 1. The number of hydrogen-bond acceptors (Lipinski definition) is 6. The van der Waals surface area contributed by atoms with E-state index in [0.29, 0.717) is 0 Å². The van der Waals surface area contributed by atoms with Crippen LogP contribution in [0, 0.1) is 0 Å². The summed E-state index contributed by atoms with van der Waals surface area (Å²) in [6.45, 7) is 3.88. The van der Waals surface area contributed by atoms with Gasteiger partial charge in [-0.3, -0.25) is 10.2 Å². The molecule has 0 spiro atoms. The van der Waals surface area contributed by atoms with E-state index in [2.05, 4.69) is 14.8 Å². The van der Waals surface area contributed by atoms with E-state index < -0.39 is 0 Å². The Morgan fingerprint density at radius 2 is 2.14 bits per heavy atom. The number of thioether (sulfide) groups is 1. The average Bonchev–Trinajstić information content (AvgIpc) is 3.00. The van der Waals surface area contributed by atoms with Crippen molar-refractivity contribution in [1.29, 1.82) is 0 Å². The molecule has 0 bridgehead atoms. The summed E-state index contributed by atoms with van der Waals surface area (Å²) < 4.78 is 5.26. The van der Waals surface area contributed by atoms with Gasteiger partial charge in [0.2, 0.25) is 5.91 Å². The summed E-state index contributed by atoms with van der Waals surface area (Å²) in [6, 6.07) is 8.00. The van der Waals surface area contributed by atoms with Crippen molar-refractivity contribution in [3.63, 3.8) is 0 Å². The van der Waals surface area contributed by atoms with E-state index in [-0.39, 0.29) is 11.8 Å². The minimum absolute atomic E-state index is 0.182. The third kappa shape index (κ3) is 4.26. The normalized spacial score (nSPS) is 12.1. The van der Waals surface area contributed by atoms with E-state index in [0.717, 1.165) is 27.9 Å². The third-order valence-electron chi connectivity index (χ3n) is 3.14. The fourth-order valence-corrected chi connectivity index (χ4v) is 3.42. The van der Waals surface area contributed by atoms with Crippen molar-refractivity contribution in [2.75, 3.05) is 0 Å². The molecule has 0 fully saturated rings. The second-order valence-corrected chi connectivity index (χ2v) is 6.56. The Labute approximate surface area is 132 Å². The van der Waals surface area contributed by atoms with Gasteiger partial charge in [-0.1, -0.05) is 43.0 Å². The Morgan fingerprint density at radius 3 is 2.71 bits per heavy atom. The molecule has 1 aromatic heterocycles. The molecule has 7 heteroatoms. The van der Waals surface area contributed by atoms with Crippen LogP contribution in [0.5, 0.6) is 0 Å². The van der Waals surface area contributed by atoms with Crippen LogP contribution in [0.1, 0.15) is 36.7 Å². The molecule has 2 aromatic rings. The van der Waals surface area contributed by atoms with Gasteiger partial charge in [0, 0.05) is 12.2 Å². The van der Waals surface area contributed by atoms with Gasteiger partial charge in [0.1, 0.15) is 5.82 Å². The molecule has 5 nitrogen and oxygen atoms in total. The lowest BCUT2D eigenvalue weighted by Gasteiger charge is -2.10. The fraction of sp³-hybridized carbons (Fsp3) is 0.357. The molecule has 0 aliphatic carbocycles. The SMILES string of the molecule is CCc1nsc(SCc2ccc(C(C)C(=O)NN)cc2)n1. The fourth-order valence-electron chi connectivity index (χ4n) is 1.76.